The van der Waals surface area contributed by atoms with Crippen LogP contribution in [-0.2, 0) is 9.84 Å². The molecule has 1 aromatic rings. The summed E-state index contributed by atoms with van der Waals surface area (Å²) in [4.78, 5) is 14.3. The maximum atomic E-state index is 12.5. The van der Waals surface area contributed by atoms with Gasteiger partial charge in [0.2, 0.25) is 0 Å². The average molecular weight is 350 g/mol. The predicted octanol–water partition coefficient (Wildman–Crippen LogP) is 2.70. The number of carbonyl (C=O) groups is 1. The molecule has 2 amide bonds. The first kappa shape index (κ1) is 18.5. The molecular weight excluding hydrogens is 324 g/mol. The summed E-state index contributed by atoms with van der Waals surface area (Å²) in [6, 6.07) is 9.71. The van der Waals surface area contributed by atoms with Crippen LogP contribution in [0.25, 0.3) is 6.08 Å². The van der Waals surface area contributed by atoms with Crippen molar-refractivity contribution in [3.8, 4) is 0 Å². The quantitative estimate of drug-likeness (QED) is 0.858. The van der Waals surface area contributed by atoms with E-state index in [-0.39, 0.29) is 17.5 Å². The Labute approximate surface area is 144 Å². The number of hydrogen-bond donors (Lipinski definition) is 1. The molecule has 1 N–H and O–H groups in total. The number of nitrogens with one attached hydrogen (secondary N) is 1. The van der Waals surface area contributed by atoms with Crippen LogP contribution in [0.15, 0.2) is 36.4 Å². The lowest BCUT2D eigenvalue weighted by molar-refractivity contribution is 0.192. The number of benzene rings is 1. The number of amides is 2. The van der Waals surface area contributed by atoms with Crippen LogP contribution in [0, 0.1) is 0 Å². The number of nitrogens with zero attached hydrogens (tertiary/aromatic N) is 1. The minimum absolute atomic E-state index is 0.0194. The van der Waals surface area contributed by atoms with Crippen molar-refractivity contribution in [1.82, 2.24) is 10.2 Å². The summed E-state index contributed by atoms with van der Waals surface area (Å²) in [6.45, 7) is 4.95. The highest BCUT2D eigenvalue weighted by molar-refractivity contribution is 7.91. The van der Waals surface area contributed by atoms with E-state index in [1.807, 2.05) is 49.4 Å². The van der Waals surface area contributed by atoms with Gasteiger partial charge in [-0.2, -0.15) is 0 Å². The van der Waals surface area contributed by atoms with Gasteiger partial charge in [0, 0.05) is 13.1 Å². The zero-order chi connectivity index (χ0) is 17.6. The largest absolute Gasteiger partial charge is 0.332 e. The Hall–Kier alpha value is -1.82. The van der Waals surface area contributed by atoms with Gasteiger partial charge in [0.15, 0.2) is 9.84 Å². The molecule has 2 rings (SSSR count). The normalized spacial score (nSPS) is 22.6. The van der Waals surface area contributed by atoms with Gasteiger partial charge < -0.3 is 10.2 Å². The molecule has 0 saturated carbocycles. The Morgan fingerprint density at radius 2 is 2.04 bits per heavy atom. The minimum Gasteiger partial charge on any atom is -0.332 e. The highest BCUT2D eigenvalue weighted by Crippen LogP contribution is 2.23. The molecule has 1 heterocycles. The van der Waals surface area contributed by atoms with Gasteiger partial charge in [0.25, 0.3) is 0 Å². The molecule has 132 valence electrons. The second-order valence-corrected chi connectivity index (χ2v) is 8.78. The topological polar surface area (TPSA) is 66.5 Å². The second kappa shape index (κ2) is 7.83. The van der Waals surface area contributed by atoms with Gasteiger partial charge in [-0.1, -0.05) is 49.4 Å². The zero-order valence-electron chi connectivity index (χ0n) is 14.4. The number of rotatable bonds is 6. The molecule has 1 atom stereocenters. The van der Waals surface area contributed by atoms with E-state index in [4.69, 9.17) is 0 Å². The van der Waals surface area contributed by atoms with E-state index in [0.717, 1.165) is 12.0 Å². The van der Waals surface area contributed by atoms with Gasteiger partial charge in [0.1, 0.15) is 0 Å². The molecular formula is C18H26N2O3S. The number of urea groups is 1. The van der Waals surface area contributed by atoms with E-state index >= 15 is 0 Å². The van der Waals surface area contributed by atoms with Gasteiger partial charge in [-0.25, -0.2) is 13.2 Å². The second-order valence-electron chi connectivity index (χ2n) is 6.59. The van der Waals surface area contributed by atoms with Crippen molar-refractivity contribution in [3.05, 3.63) is 42.0 Å². The van der Waals surface area contributed by atoms with Crippen molar-refractivity contribution in [2.75, 3.05) is 24.6 Å². The van der Waals surface area contributed by atoms with Crippen molar-refractivity contribution < 1.29 is 13.2 Å². The first-order chi connectivity index (χ1) is 11.3. The number of hydrogen-bond acceptors (Lipinski definition) is 3. The fourth-order valence-corrected chi connectivity index (χ4v) is 4.97. The smallest absolute Gasteiger partial charge is 0.318 e. The first-order valence-corrected chi connectivity index (χ1v) is 10.1. The van der Waals surface area contributed by atoms with Crippen LogP contribution in [0.4, 0.5) is 4.79 Å². The van der Waals surface area contributed by atoms with Crippen molar-refractivity contribution >= 4 is 21.9 Å². The van der Waals surface area contributed by atoms with E-state index in [2.05, 4.69) is 5.32 Å². The molecule has 6 heteroatoms. The summed E-state index contributed by atoms with van der Waals surface area (Å²) in [5.74, 6) is 0.164. The highest BCUT2D eigenvalue weighted by Gasteiger charge is 2.40. The van der Waals surface area contributed by atoms with Crippen LogP contribution in [0.1, 0.15) is 32.3 Å². The molecule has 24 heavy (non-hydrogen) atoms. The van der Waals surface area contributed by atoms with E-state index in [9.17, 15) is 13.2 Å². The Kier molecular flexibility index (Phi) is 6.04. The van der Waals surface area contributed by atoms with Crippen molar-refractivity contribution in [2.45, 2.75) is 32.2 Å². The van der Waals surface area contributed by atoms with Crippen LogP contribution in [0.2, 0.25) is 0 Å². The monoisotopic (exact) mass is 350 g/mol. The zero-order valence-corrected chi connectivity index (χ0v) is 15.2. The Balaban J connectivity index is 1.96. The van der Waals surface area contributed by atoms with Gasteiger partial charge in [0.05, 0.1) is 17.0 Å². The summed E-state index contributed by atoms with van der Waals surface area (Å²) < 4.78 is 23.4. The summed E-state index contributed by atoms with van der Waals surface area (Å²) in [6.07, 6.45) is 5.26. The Morgan fingerprint density at radius 3 is 2.62 bits per heavy atom. The van der Waals surface area contributed by atoms with E-state index in [1.165, 1.54) is 0 Å². The number of carbonyl (C=O) groups excluding carboxylic acids is 1. The van der Waals surface area contributed by atoms with Gasteiger partial charge >= 0.3 is 6.03 Å². The Bertz CT molecular complexity index is 685. The molecule has 0 radical (unpaired) electrons. The summed E-state index contributed by atoms with van der Waals surface area (Å²) in [5.41, 5.74) is 0.425. The van der Waals surface area contributed by atoms with E-state index < -0.39 is 15.4 Å². The third-order valence-corrected chi connectivity index (χ3v) is 6.03. The Morgan fingerprint density at radius 1 is 1.33 bits per heavy atom. The van der Waals surface area contributed by atoms with Crippen molar-refractivity contribution in [1.29, 1.82) is 0 Å². The lowest BCUT2D eigenvalue weighted by Gasteiger charge is -2.29. The van der Waals surface area contributed by atoms with Gasteiger partial charge in [-0.15, -0.1) is 0 Å². The predicted molar refractivity (Wildman–Crippen MR) is 97.5 cm³/mol. The van der Waals surface area contributed by atoms with Crippen LogP contribution >= 0.6 is 0 Å². The SMILES string of the molecule is CCCN(CC=Cc1ccccc1)C(=O)NC1(C)CCS(=O)(=O)C1. The standard InChI is InChI=1S/C18H26N2O3S/c1-3-12-20(13-7-10-16-8-5-4-6-9-16)17(21)19-18(2)11-14-24(22,23)15-18/h4-10H,3,11-15H2,1-2H3,(H,19,21). The van der Waals surface area contributed by atoms with Crippen LogP contribution < -0.4 is 5.32 Å². The maximum absolute atomic E-state index is 12.5. The van der Waals surface area contributed by atoms with E-state index in [1.54, 1.807) is 11.8 Å². The van der Waals surface area contributed by atoms with Crippen LogP contribution in [0.5, 0.6) is 0 Å². The molecule has 1 unspecified atom stereocenters. The van der Waals surface area contributed by atoms with Crippen molar-refractivity contribution in [2.24, 2.45) is 0 Å². The minimum atomic E-state index is -3.04. The molecule has 1 aromatic carbocycles. The van der Waals surface area contributed by atoms with Crippen molar-refractivity contribution in [3.63, 3.8) is 0 Å². The molecule has 0 aliphatic carbocycles. The maximum Gasteiger partial charge on any atom is 0.318 e. The first-order valence-electron chi connectivity index (χ1n) is 8.33. The van der Waals surface area contributed by atoms with E-state index in [0.29, 0.717) is 19.5 Å². The molecule has 0 aromatic heterocycles. The lowest BCUT2D eigenvalue weighted by atomic mass is 10.0. The molecule has 1 aliphatic rings. The fraction of sp³-hybridized carbons (Fsp3) is 0.500. The molecule has 1 fully saturated rings. The fourth-order valence-electron chi connectivity index (χ4n) is 2.87. The molecule has 1 aliphatic heterocycles. The summed E-state index contributed by atoms with van der Waals surface area (Å²) in [7, 11) is -3.04. The highest BCUT2D eigenvalue weighted by atomic mass is 32.2. The van der Waals surface area contributed by atoms with Gasteiger partial charge in [-0.05, 0) is 25.3 Å². The van der Waals surface area contributed by atoms with Gasteiger partial charge in [-0.3, -0.25) is 0 Å². The lowest BCUT2D eigenvalue weighted by Crippen LogP contribution is -2.52. The molecule has 0 bridgehead atoms. The summed E-state index contributed by atoms with van der Waals surface area (Å²) >= 11 is 0. The molecule has 0 spiro atoms. The third-order valence-electron chi connectivity index (χ3n) is 4.13. The average Bonchev–Trinajstić information content (AvgIpc) is 2.80. The third kappa shape index (κ3) is 5.37. The van der Waals surface area contributed by atoms with Crippen LogP contribution in [-0.4, -0.2) is 49.5 Å². The van der Waals surface area contributed by atoms with Crippen LogP contribution in [0.3, 0.4) is 0 Å². The molecule has 5 nitrogen and oxygen atoms in total. The number of sulfone groups is 1. The summed E-state index contributed by atoms with van der Waals surface area (Å²) in [5, 5.41) is 2.92. The molecule has 1 saturated heterocycles.